The number of nitrogens with zero attached hydrogens (tertiary/aromatic N) is 2. The Labute approximate surface area is 210 Å². The highest BCUT2D eigenvalue weighted by atomic mass is 32.2. The van der Waals surface area contributed by atoms with Gasteiger partial charge in [-0.05, 0) is 23.3 Å². The lowest BCUT2D eigenvalue weighted by molar-refractivity contribution is -0.116. The van der Waals surface area contributed by atoms with Crippen LogP contribution in [0.4, 0.5) is 10.1 Å². The first-order valence-electron chi connectivity index (χ1n) is 10.8. The van der Waals surface area contributed by atoms with Crippen LogP contribution in [0.3, 0.4) is 0 Å². The molecule has 2 N–H and O–H groups in total. The lowest BCUT2D eigenvalue weighted by Crippen LogP contribution is -2.14. The van der Waals surface area contributed by atoms with Gasteiger partial charge >= 0.3 is 0 Å². The Morgan fingerprint density at radius 3 is 2.09 bits per heavy atom. The van der Waals surface area contributed by atoms with Crippen LogP contribution < -0.4 is 10.6 Å². The van der Waals surface area contributed by atoms with Crippen LogP contribution in [0.25, 0.3) is 0 Å². The summed E-state index contributed by atoms with van der Waals surface area (Å²) >= 11 is 4.83. The van der Waals surface area contributed by atoms with E-state index in [0.29, 0.717) is 18.0 Å². The molecule has 0 aliphatic heterocycles. The van der Waals surface area contributed by atoms with E-state index >= 15 is 0 Å². The molecular weight excluding hydrogens is 485 g/mol. The van der Waals surface area contributed by atoms with Crippen LogP contribution in [0, 0.1) is 0 Å². The highest BCUT2D eigenvalue weighted by molar-refractivity contribution is 7.98. The van der Waals surface area contributed by atoms with E-state index in [1.807, 2.05) is 78.5 Å². The molecule has 174 valence electrons. The molecule has 0 aliphatic carbocycles. The Bertz CT molecular complexity index is 1110. The van der Waals surface area contributed by atoms with Crippen molar-refractivity contribution in [3.63, 3.8) is 0 Å². The Morgan fingerprint density at radius 2 is 1.41 bits per heavy atom. The minimum atomic E-state index is -0.0902. The van der Waals surface area contributed by atoms with Crippen LogP contribution in [0.1, 0.15) is 21.0 Å². The number of anilines is 2. The lowest BCUT2D eigenvalue weighted by Gasteiger charge is -2.02. The van der Waals surface area contributed by atoms with Crippen molar-refractivity contribution in [2.45, 2.75) is 25.0 Å². The van der Waals surface area contributed by atoms with Crippen molar-refractivity contribution in [1.29, 1.82) is 0 Å². The summed E-state index contributed by atoms with van der Waals surface area (Å²) in [4.78, 5) is 25.6. The van der Waals surface area contributed by atoms with Crippen molar-refractivity contribution in [2.24, 2.45) is 0 Å². The second-order valence-electron chi connectivity index (χ2n) is 7.49. The molecule has 0 unspecified atom stereocenters. The van der Waals surface area contributed by atoms with Crippen molar-refractivity contribution >= 4 is 56.4 Å². The molecule has 0 radical (unpaired) electrons. The van der Waals surface area contributed by atoms with E-state index in [4.69, 9.17) is 0 Å². The topological polar surface area (TPSA) is 84.0 Å². The quantitative estimate of drug-likeness (QED) is 0.264. The Hall–Kier alpha value is -3.01. The second kappa shape index (κ2) is 12.5. The minimum absolute atomic E-state index is 0.00446. The molecule has 0 aliphatic rings. The standard InChI is InChI=1S/C25H24N4O2S3/c30-21(15-18-7-3-1-4-8-18)26-23-12-11-20(33-23)17-32-14-13-24-28-29-25(34-24)27-22(31)16-19-9-5-2-6-10-19/h1-12H,13-17H2,(H,26,30)(H,27,29,31). The largest absolute Gasteiger partial charge is 0.317 e. The summed E-state index contributed by atoms with van der Waals surface area (Å²) in [5.74, 6) is 1.68. The van der Waals surface area contributed by atoms with Gasteiger partial charge in [0.1, 0.15) is 5.01 Å². The number of hydrogen-bond acceptors (Lipinski definition) is 7. The third-order valence-corrected chi connectivity index (χ3v) is 7.85. The molecule has 4 aromatic rings. The van der Waals surface area contributed by atoms with E-state index in [9.17, 15) is 9.59 Å². The van der Waals surface area contributed by atoms with Crippen molar-refractivity contribution < 1.29 is 9.59 Å². The van der Waals surface area contributed by atoms with E-state index in [2.05, 4.69) is 26.9 Å². The highest BCUT2D eigenvalue weighted by Gasteiger charge is 2.10. The molecule has 2 aromatic carbocycles. The first-order valence-corrected chi connectivity index (χ1v) is 13.6. The van der Waals surface area contributed by atoms with Gasteiger partial charge < -0.3 is 10.6 Å². The molecule has 0 saturated carbocycles. The second-order valence-corrected chi connectivity index (χ2v) is 10.8. The maximum atomic E-state index is 12.2. The third-order valence-electron chi connectivity index (χ3n) is 4.76. The van der Waals surface area contributed by atoms with Gasteiger partial charge in [-0.2, -0.15) is 11.8 Å². The van der Waals surface area contributed by atoms with Gasteiger partial charge in [0.2, 0.25) is 16.9 Å². The summed E-state index contributed by atoms with van der Waals surface area (Å²) in [6.45, 7) is 0. The molecule has 2 heterocycles. The van der Waals surface area contributed by atoms with Gasteiger partial charge in [0, 0.05) is 22.8 Å². The summed E-state index contributed by atoms with van der Waals surface area (Å²) in [5.41, 5.74) is 1.97. The summed E-state index contributed by atoms with van der Waals surface area (Å²) in [6.07, 6.45) is 1.49. The predicted molar refractivity (Wildman–Crippen MR) is 142 cm³/mol. The fourth-order valence-electron chi connectivity index (χ4n) is 3.17. The molecule has 2 amide bonds. The smallest absolute Gasteiger partial charge is 0.230 e. The number of thiophene rings is 1. The molecule has 0 spiro atoms. The summed E-state index contributed by atoms with van der Waals surface area (Å²) in [5, 5.41) is 16.4. The first-order chi connectivity index (χ1) is 16.6. The summed E-state index contributed by atoms with van der Waals surface area (Å²) < 4.78 is 0. The number of thioether (sulfide) groups is 1. The fraction of sp³-hybridized carbons (Fsp3) is 0.200. The molecule has 2 aromatic heterocycles. The zero-order valence-electron chi connectivity index (χ0n) is 18.4. The van der Waals surface area contributed by atoms with Crippen LogP contribution in [0.2, 0.25) is 0 Å². The molecule has 4 rings (SSSR count). The molecule has 34 heavy (non-hydrogen) atoms. The number of aryl methyl sites for hydroxylation is 1. The number of carbonyl (C=O) groups is 2. The number of carbonyl (C=O) groups excluding carboxylic acids is 2. The van der Waals surface area contributed by atoms with Gasteiger partial charge in [0.05, 0.1) is 17.8 Å². The Kier molecular flexibility index (Phi) is 8.84. The Balaban J connectivity index is 1.15. The molecule has 0 saturated heterocycles. The molecule has 6 nitrogen and oxygen atoms in total. The third kappa shape index (κ3) is 7.79. The van der Waals surface area contributed by atoms with Crippen LogP contribution in [0.5, 0.6) is 0 Å². The number of hydrogen-bond donors (Lipinski definition) is 2. The monoisotopic (exact) mass is 508 g/mol. The molecule has 0 fully saturated rings. The first kappa shape index (κ1) is 24.1. The van der Waals surface area contributed by atoms with Crippen LogP contribution in [-0.2, 0) is 34.6 Å². The molecule has 0 atom stereocenters. The fourth-order valence-corrected chi connectivity index (χ4v) is 6.04. The van der Waals surface area contributed by atoms with Gasteiger partial charge in [0.25, 0.3) is 0 Å². The minimum Gasteiger partial charge on any atom is -0.317 e. The summed E-state index contributed by atoms with van der Waals surface area (Å²) in [6, 6.07) is 23.4. The van der Waals surface area contributed by atoms with Gasteiger partial charge in [-0.1, -0.05) is 72.0 Å². The van der Waals surface area contributed by atoms with Crippen molar-refractivity contribution in [1.82, 2.24) is 10.2 Å². The van der Waals surface area contributed by atoms with Crippen LogP contribution in [0.15, 0.2) is 72.8 Å². The average Bonchev–Trinajstić information content (AvgIpc) is 3.47. The number of benzene rings is 2. The number of nitrogens with one attached hydrogen (secondary N) is 2. The highest BCUT2D eigenvalue weighted by Crippen LogP contribution is 2.26. The van der Waals surface area contributed by atoms with Crippen LogP contribution in [-0.4, -0.2) is 27.8 Å². The zero-order valence-corrected chi connectivity index (χ0v) is 20.8. The zero-order chi connectivity index (χ0) is 23.6. The molecular formula is C25H24N4O2S3. The van der Waals surface area contributed by atoms with E-state index < -0.39 is 0 Å². The van der Waals surface area contributed by atoms with Gasteiger partial charge in [-0.15, -0.1) is 21.5 Å². The maximum absolute atomic E-state index is 12.2. The van der Waals surface area contributed by atoms with E-state index in [1.54, 1.807) is 11.3 Å². The van der Waals surface area contributed by atoms with Gasteiger partial charge in [-0.25, -0.2) is 0 Å². The molecule has 9 heteroatoms. The van der Waals surface area contributed by atoms with Crippen molar-refractivity contribution in [3.05, 3.63) is 93.8 Å². The SMILES string of the molecule is O=C(Cc1ccccc1)Nc1ccc(CSCCc2nnc(NC(=O)Cc3ccccc3)s2)s1. The lowest BCUT2D eigenvalue weighted by atomic mass is 10.1. The van der Waals surface area contributed by atoms with E-state index in [1.165, 1.54) is 16.2 Å². The summed E-state index contributed by atoms with van der Waals surface area (Å²) in [7, 11) is 0. The molecule has 0 bridgehead atoms. The van der Waals surface area contributed by atoms with E-state index in [0.717, 1.165) is 39.1 Å². The van der Waals surface area contributed by atoms with Gasteiger partial charge in [0.15, 0.2) is 0 Å². The number of rotatable bonds is 11. The maximum Gasteiger partial charge on any atom is 0.230 e. The normalized spacial score (nSPS) is 10.7. The van der Waals surface area contributed by atoms with Crippen molar-refractivity contribution in [2.75, 3.05) is 16.4 Å². The van der Waals surface area contributed by atoms with Gasteiger partial charge in [-0.3, -0.25) is 9.59 Å². The number of amides is 2. The van der Waals surface area contributed by atoms with E-state index in [-0.39, 0.29) is 11.8 Å². The van der Waals surface area contributed by atoms with Crippen molar-refractivity contribution in [3.8, 4) is 0 Å². The predicted octanol–water partition coefficient (Wildman–Crippen LogP) is 5.44. The van der Waals surface area contributed by atoms with Crippen LogP contribution >= 0.6 is 34.4 Å². The number of aromatic nitrogens is 2. The average molecular weight is 509 g/mol. The Morgan fingerprint density at radius 1 is 0.765 bits per heavy atom.